The van der Waals surface area contributed by atoms with Crippen molar-refractivity contribution < 1.29 is 14.3 Å². The lowest BCUT2D eigenvalue weighted by Gasteiger charge is -2.20. The SMILES string of the molecule is CC1(COC(=O)c2ccccc2)COC(=S)N1. The van der Waals surface area contributed by atoms with Crippen LogP contribution >= 0.6 is 12.2 Å². The van der Waals surface area contributed by atoms with Gasteiger partial charge in [-0.1, -0.05) is 18.2 Å². The number of carbonyl (C=O) groups is 1. The fourth-order valence-electron chi connectivity index (χ4n) is 1.50. The summed E-state index contributed by atoms with van der Waals surface area (Å²) in [5.41, 5.74) is 0.110. The van der Waals surface area contributed by atoms with Crippen LogP contribution in [0.2, 0.25) is 0 Å². The van der Waals surface area contributed by atoms with Crippen molar-refractivity contribution in [3.63, 3.8) is 0 Å². The lowest BCUT2D eigenvalue weighted by atomic mass is 10.1. The molecule has 1 saturated heterocycles. The minimum absolute atomic E-state index is 0.223. The fourth-order valence-corrected chi connectivity index (χ4v) is 1.81. The highest BCUT2D eigenvalue weighted by Gasteiger charge is 2.34. The molecule has 4 nitrogen and oxygen atoms in total. The Morgan fingerprint density at radius 1 is 1.53 bits per heavy atom. The summed E-state index contributed by atoms with van der Waals surface area (Å²) in [5.74, 6) is -0.341. The van der Waals surface area contributed by atoms with Gasteiger partial charge in [0.2, 0.25) is 0 Å². The molecule has 1 N–H and O–H groups in total. The standard InChI is InChI=1S/C12H13NO3S/c1-12(8-16-11(17)13-12)7-15-10(14)9-5-3-2-4-6-9/h2-6H,7-8H2,1H3,(H,13,17). The van der Waals surface area contributed by atoms with Crippen molar-refractivity contribution in [1.82, 2.24) is 5.32 Å². The van der Waals surface area contributed by atoms with Crippen LogP contribution in [0.5, 0.6) is 0 Å². The van der Waals surface area contributed by atoms with Crippen molar-refractivity contribution in [3.8, 4) is 0 Å². The summed E-state index contributed by atoms with van der Waals surface area (Å²) in [7, 11) is 0. The number of benzene rings is 1. The average molecular weight is 251 g/mol. The Morgan fingerprint density at radius 2 is 2.24 bits per heavy atom. The Morgan fingerprint density at radius 3 is 2.82 bits per heavy atom. The number of nitrogens with one attached hydrogen (secondary N) is 1. The molecular weight excluding hydrogens is 238 g/mol. The zero-order valence-corrected chi connectivity index (χ0v) is 10.3. The molecule has 1 aliphatic heterocycles. The van der Waals surface area contributed by atoms with Crippen LogP contribution in [-0.2, 0) is 9.47 Å². The van der Waals surface area contributed by atoms with E-state index in [1.54, 1.807) is 24.3 Å². The first-order chi connectivity index (χ1) is 8.09. The molecular formula is C12H13NO3S. The monoisotopic (exact) mass is 251 g/mol. The zero-order chi connectivity index (χ0) is 12.3. The maximum Gasteiger partial charge on any atom is 0.338 e. The molecule has 0 saturated carbocycles. The minimum atomic E-state index is -0.429. The van der Waals surface area contributed by atoms with E-state index in [0.717, 1.165) is 0 Å². The largest absolute Gasteiger partial charge is 0.468 e. The second-order valence-electron chi connectivity index (χ2n) is 4.20. The van der Waals surface area contributed by atoms with Crippen LogP contribution in [-0.4, -0.2) is 29.9 Å². The highest BCUT2D eigenvalue weighted by Crippen LogP contribution is 2.13. The molecule has 0 amide bonds. The Hall–Kier alpha value is -1.62. The van der Waals surface area contributed by atoms with Crippen LogP contribution in [0.15, 0.2) is 30.3 Å². The lowest BCUT2D eigenvalue weighted by Crippen LogP contribution is -2.45. The van der Waals surface area contributed by atoms with Gasteiger partial charge in [-0.25, -0.2) is 4.79 Å². The molecule has 1 unspecified atom stereocenters. The second kappa shape index (κ2) is 4.71. The summed E-state index contributed by atoms with van der Waals surface area (Å²) < 4.78 is 10.4. The van der Waals surface area contributed by atoms with Crippen molar-refractivity contribution in [1.29, 1.82) is 0 Å². The smallest absolute Gasteiger partial charge is 0.338 e. The quantitative estimate of drug-likeness (QED) is 0.651. The third kappa shape index (κ3) is 2.94. The molecule has 0 aromatic heterocycles. The number of carbonyl (C=O) groups excluding carboxylic acids is 1. The predicted octanol–water partition coefficient (Wildman–Crippen LogP) is 1.51. The summed E-state index contributed by atoms with van der Waals surface area (Å²) >= 11 is 4.87. The molecule has 1 fully saturated rings. The summed E-state index contributed by atoms with van der Waals surface area (Å²) in [6.07, 6.45) is 0. The third-order valence-corrected chi connectivity index (χ3v) is 2.68. The van der Waals surface area contributed by atoms with Crippen molar-refractivity contribution in [2.45, 2.75) is 12.5 Å². The van der Waals surface area contributed by atoms with Gasteiger partial charge in [0.25, 0.3) is 5.17 Å². The van der Waals surface area contributed by atoms with Crippen LogP contribution in [0.4, 0.5) is 0 Å². The number of thiocarbonyl (C=S) groups is 1. The molecule has 0 aliphatic carbocycles. The number of hydrogen-bond donors (Lipinski definition) is 1. The molecule has 17 heavy (non-hydrogen) atoms. The fraction of sp³-hybridized carbons (Fsp3) is 0.333. The molecule has 1 aromatic carbocycles. The van der Waals surface area contributed by atoms with Gasteiger partial charge in [-0.2, -0.15) is 0 Å². The van der Waals surface area contributed by atoms with E-state index in [0.29, 0.717) is 17.3 Å². The lowest BCUT2D eigenvalue weighted by molar-refractivity contribution is 0.0391. The Balaban J connectivity index is 1.91. The van der Waals surface area contributed by atoms with E-state index >= 15 is 0 Å². The molecule has 1 aromatic rings. The van der Waals surface area contributed by atoms with Gasteiger partial charge in [0, 0.05) is 0 Å². The van der Waals surface area contributed by atoms with Crippen LogP contribution < -0.4 is 5.32 Å². The van der Waals surface area contributed by atoms with E-state index in [4.69, 9.17) is 21.7 Å². The van der Waals surface area contributed by atoms with Gasteiger partial charge in [0.1, 0.15) is 18.8 Å². The van der Waals surface area contributed by atoms with Gasteiger partial charge >= 0.3 is 5.97 Å². The molecule has 1 aliphatic rings. The van der Waals surface area contributed by atoms with Gasteiger partial charge in [-0.15, -0.1) is 0 Å². The number of hydrogen-bond acceptors (Lipinski definition) is 4. The van der Waals surface area contributed by atoms with Crippen LogP contribution in [0, 0.1) is 0 Å². The van der Waals surface area contributed by atoms with E-state index in [-0.39, 0.29) is 12.6 Å². The maximum atomic E-state index is 11.7. The Labute approximate surface area is 105 Å². The van der Waals surface area contributed by atoms with E-state index in [1.165, 1.54) is 0 Å². The van der Waals surface area contributed by atoms with Crippen LogP contribution in [0.3, 0.4) is 0 Å². The number of ether oxygens (including phenoxy) is 2. The second-order valence-corrected chi connectivity index (χ2v) is 4.57. The summed E-state index contributed by atoms with van der Waals surface area (Å²) in [5, 5.41) is 3.32. The number of rotatable bonds is 3. The van der Waals surface area contributed by atoms with E-state index in [2.05, 4.69) is 5.32 Å². The Bertz CT molecular complexity index is 435. The highest BCUT2D eigenvalue weighted by atomic mass is 32.1. The van der Waals surface area contributed by atoms with Gasteiger partial charge in [0.15, 0.2) is 0 Å². The van der Waals surface area contributed by atoms with Crippen molar-refractivity contribution in [2.75, 3.05) is 13.2 Å². The summed E-state index contributed by atoms with van der Waals surface area (Å²) in [6, 6.07) is 8.87. The first kappa shape index (κ1) is 11.9. The van der Waals surface area contributed by atoms with E-state index < -0.39 is 5.54 Å². The molecule has 0 radical (unpaired) electrons. The minimum Gasteiger partial charge on any atom is -0.468 e. The van der Waals surface area contributed by atoms with E-state index in [9.17, 15) is 4.79 Å². The summed E-state index contributed by atoms with van der Waals surface area (Å²) in [6.45, 7) is 2.53. The highest BCUT2D eigenvalue weighted by molar-refractivity contribution is 7.80. The molecule has 0 bridgehead atoms. The van der Waals surface area contributed by atoms with Gasteiger partial charge < -0.3 is 14.8 Å². The van der Waals surface area contributed by atoms with Crippen molar-refractivity contribution in [3.05, 3.63) is 35.9 Å². The van der Waals surface area contributed by atoms with Gasteiger partial charge in [-0.3, -0.25) is 0 Å². The average Bonchev–Trinajstić information content (AvgIpc) is 2.68. The van der Waals surface area contributed by atoms with Crippen molar-refractivity contribution >= 4 is 23.4 Å². The molecule has 0 spiro atoms. The first-order valence-electron chi connectivity index (χ1n) is 5.26. The third-order valence-electron chi connectivity index (χ3n) is 2.46. The Kier molecular flexibility index (Phi) is 3.28. The topological polar surface area (TPSA) is 47.6 Å². The molecule has 1 heterocycles. The van der Waals surface area contributed by atoms with Gasteiger partial charge in [-0.05, 0) is 31.3 Å². The first-order valence-corrected chi connectivity index (χ1v) is 5.67. The van der Waals surface area contributed by atoms with E-state index in [1.807, 2.05) is 13.0 Å². The van der Waals surface area contributed by atoms with Crippen LogP contribution in [0.1, 0.15) is 17.3 Å². The normalized spacial score (nSPS) is 22.8. The molecule has 1 atom stereocenters. The molecule has 90 valence electrons. The summed E-state index contributed by atoms with van der Waals surface area (Å²) in [4.78, 5) is 11.7. The number of esters is 1. The van der Waals surface area contributed by atoms with Crippen LogP contribution in [0.25, 0.3) is 0 Å². The van der Waals surface area contributed by atoms with Gasteiger partial charge in [0.05, 0.1) is 5.56 Å². The zero-order valence-electron chi connectivity index (χ0n) is 9.43. The van der Waals surface area contributed by atoms with Crippen molar-refractivity contribution in [2.24, 2.45) is 0 Å². The maximum absolute atomic E-state index is 11.7. The molecule has 5 heteroatoms. The molecule has 2 rings (SSSR count). The predicted molar refractivity (Wildman–Crippen MR) is 66.8 cm³/mol.